The number of hydrogen-bond acceptors (Lipinski definition) is 0. The van der Waals surface area contributed by atoms with E-state index < -0.39 is 34.6 Å². The molecular formula is C29H33F5. The quantitative estimate of drug-likeness (QED) is 0.221. The molecule has 0 aromatic heterocycles. The van der Waals surface area contributed by atoms with Gasteiger partial charge in [0.15, 0.2) is 17.5 Å². The third kappa shape index (κ3) is 5.55. The molecule has 0 aliphatic heterocycles. The SMILES string of the molecule is C/C=C/CCC1CCC(C2CCC(c3cc(F)c(-c4cc(F)c(F)c(F)c4)c(F)c3)CC2)CC1. The summed E-state index contributed by atoms with van der Waals surface area (Å²) >= 11 is 0. The molecule has 2 saturated carbocycles. The summed E-state index contributed by atoms with van der Waals surface area (Å²) in [4.78, 5) is 0. The molecule has 2 fully saturated rings. The Hall–Kier alpha value is -2.17. The molecule has 0 heterocycles. The molecule has 0 nitrogen and oxygen atoms in total. The minimum Gasteiger partial charge on any atom is -0.206 e. The summed E-state index contributed by atoms with van der Waals surface area (Å²) in [5.74, 6) is -3.97. The van der Waals surface area contributed by atoms with Gasteiger partial charge in [0.05, 0.1) is 5.56 Å². The van der Waals surface area contributed by atoms with E-state index in [-0.39, 0.29) is 11.5 Å². The number of rotatable bonds is 6. The summed E-state index contributed by atoms with van der Waals surface area (Å²) in [6.45, 7) is 2.07. The molecule has 34 heavy (non-hydrogen) atoms. The fourth-order valence-electron chi connectivity index (χ4n) is 6.17. The maximum absolute atomic E-state index is 14.8. The van der Waals surface area contributed by atoms with E-state index in [0.29, 0.717) is 23.6 Å². The van der Waals surface area contributed by atoms with Crippen molar-refractivity contribution in [3.63, 3.8) is 0 Å². The molecule has 0 unspecified atom stereocenters. The largest absolute Gasteiger partial charge is 0.206 e. The van der Waals surface area contributed by atoms with Crippen LogP contribution in [0, 0.1) is 46.8 Å². The predicted octanol–water partition coefficient (Wildman–Crippen LogP) is 9.49. The third-order valence-corrected chi connectivity index (χ3v) is 8.12. The lowest BCUT2D eigenvalue weighted by molar-refractivity contribution is 0.157. The van der Waals surface area contributed by atoms with Gasteiger partial charge in [-0.25, -0.2) is 22.0 Å². The third-order valence-electron chi connectivity index (χ3n) is 8.12. The molecule has 2 aliphatic rings. The van der Waals surface area contributed by atoms with Gasteiger partial charge in [0.25, 0.3) is 0 Å². The first kappa shape index (κ1) is 24.9. The second kappa shape index (κ2) is 11.0. The van der Waals surface area contributed by atoms with E-state index in [1.807, 2.05) is 0 Å². The molecule has 4 rings (SSSR count). The summed E-state index contributed by atoms with van der Waals surface area (Å²) < 4.78 is 70.1. The fraction of sp³-hybridized carbons (Fsp3) is 0.517. The van der Waals surface area contributed by atoms with Crippen LogP contribution < -0.4 is 0 Å². The predicted molar refractivity (Wildman–Crippen MR) is 126 cm³/mol. The van der Waals surface area contributed by atoms with E-state index in [1.54, 1.807) is 0 Å². The van der Waals surface area contributed by atoms with Gasteiger partial charge < -0.3 is 0 Å². The molecule has 0 radical (unpaired) electrons. The zero-order valence-electron chi connectivity index (χ0n) is 19.7. The highest BCUT2D eigenvalue weighted by atomic mass is 19.2. The number of hydrogen-bond donors (Lipinski definition) is 0. The van der Waals surface area contributed by atoms with Crippen molar-refractivity contribution < 1.29 is 22.0 Å². The highest BCUT2D eigenvalue weighted by molar-refractivity contribution is 5.65. The Labute approximate surface area is 199 Å². The monoisotopic (exact) mass is 476 g/mol. The van der Waals surface area contributed by atoms with Crippen molar-refractivity contribution in [2.75, 3.05) is 0 Å². The van der Waals surface area contributed by atoms with Crippen molar-refractivity contribution in [3.05, 3.63) is 71.1 Å². The van der Waals surface area contributed by atoms with E-state index >= 15 is 0 Å². The Bertz CT molecular complexity index is 965. The van der Waals surface area contributed by atoms with Crippen molar-refractivity contribution in [1.82, 2.24) is 0 Å². The number of halogens is 5. The molecule has 2 aliphatic carbocycles. The molecule has 0 bridgehead atoms. The van der Waals surface area contributed by atoms with Gasteiger partial charge in [-0.3, -0.25) is 0 Å². The van der Waals surface area contributed by atoms with Crippen molar-refractivity contribution >= 4 is 0 Å². The molecule has 2 aromatic carbocycles. The van der Waals surface area contributed by atoms with Crippen LogP contribution in [0.15, 0.2) is 36.4 Å². The smallest absolute Gasteiger partial charge is 0.194 e. The van der Waals surface area contributed by atoms with Crippen LogP contribution in [0.1, 0.15) is 82.6 Å². The second-order valence-corrected chi connectivity index (χ2v) is 10.2. The first-order chi connectivity index (χ1) is 16.4. The van der Waals surface area contributed by atoms with Crippen LogP contribution in [-0.4, -0.2) is 0 Å². The van der Waals surface area contributed by atoms with Crippen molar-refractivity contribution in [3.8, 4) is 11.1 Å². The van der Waals surface area contributed by atoms with E-state index in [1.165, 1.54) is 50.7 Å². The molecule has 0 atom stereocenters. The lowest BCUT2D eigenvalue weighted by Gasteiger charge is -2.38. The average Bonchev–Trinajstić information content (AvgIpc) is 2.83. The number of benzene rings is 2. The first-order valence-corrected chi connectivity index (χ1v) is 12.6. The van der Waals surface area contributed by atoms with E-state index in [9.17, 15) is 22.0 Å². The average molecular weight is 477 g/mol. The Kier molecular flexibility index (Phi) is 8.10. The van der Waals surface area contributed by atoms with Gasteiger partial charge in [0.2, 0.25) is 0 Å². The van der Waals surface area contributed by atoms with Gasteiger partial charge >= 0.3 is 0 Å². The van der Waals surface area contributed by atoms with Crippen molar-refractivity contribution in [2.24, 2.45) is 17.8 Å². The number of allylic oxidation sites excluding steroid dienone is 2. The van der Waals surface area contributed by atoms with Crippen molar-refractivity contribution in [1.29, 1.82) is 0 Å². The lowest BCUT2D eigenvalue weighted by atomic mass is 9.68. The molecular weight excluding hydrogens is 443 g/mol. The summed E-state index contributed by atoms with van der Waals surface area (Å²) in [5.41, 5.74) is -0.280. The molecule has 184 valence electrons. The minimum atomic E-state index is -1.65. The van der Waals surface area contributed by atoms with Crippen LogP contribution in [0.3, 0.4) is 0 Å². The lowest BCUT2D eigenvalue weighted by Crippen LogP contribution is -2.25. The Balaban J connectivity index is 1.37. The van der Waals surface area contributed by atoms with Crippen LogP contribution >= 0.6 is 0 Å². The van der Waals surface area contributed by atoms with Crippen LogP contribution in [0.25, 0.3) is 11.1 Å². The van der Waals surface area contributed by atoms with E-state index in [4.69, 9.17) is 0 Å². The van der Waals surface area contributed by atoms with Gasteiger partial charge in [0.1, 0.15) is 11.6 Å². The Morgan fingerprint density at radius 2 is 1.24 bits per heavy atom. The summed E-state index contributed by atoms with van der Waals surface area (Å²) in [5, 5.41) is 0. The van der Waals surface area contributed by atoms with Crippen LogP contribution in [0.4, 0.5) is 22.0 Å². The highest BCUT2D eigenvalue weighted by Crippen LogP contribution is 2.45. The molecule has 0 saturated heterocycles. The first-order valence-electron chi connectivity index (χ1n) is 12.6. The molecule has 0 N–H and O–H groups in total. The highest BCUT2D eigenvalue weighted by Gasteiger charge is 2.31. The topological polar surface area (TPSA) is 0 Å². The molecule has 0 spiro atoms. The maximum Gasteiger partial charge on any atom is 0.194 e. The summed E-state index contributed by atoms with van der Waals surface area (Å²) in [7, 11) is 0. The summed E-state index contributed by atoms with van der Waals surface area (Å²) in [6, 6.07) is 3.80. The normalized spacial score (nSPS) is 25.7. The zero-order chi connectivity index (χ0) is 24.2. The van der Waals surface area contributed by atoms with Gasteiger partial charge in [-0.15, -0.1) is 0 Å². The minimum absolute atomic E-state index is 0.0770. The zero-order valence-corrected chi connectivity index (χ0v) is 19.7. The maximum atomic E-state index is 14.8. The standard InChI is InChI=1S/C29H33F5/c1-2-3-4-5-18-6-8-19(9-7-18)20-10-12-21(13-11-20)22-14-24(30)28(25(31)15-22)23-16-26(32)29(34)27(33)17-23/h2-3,14-21H,4-13H2,1H3/b3-2+. The molecule has 2 aromatic rings. The van der Waals surface area contributed by atoms with Gasteiger partial charge in [0, 0.05) is 0 Å². The van der Waals surface area contributed by atoms with Crippen LogP contribution in [-0.2, 0) is 0 Å². The van der Waals surface area contributed by atoms with Crippen LogP contribution in [0.2, 0.25) is 0 Å². The van der Waals surface area contributed by atoms with Gasteiger partial charge in [-0.1, -0.05) is 25.0 Å². The van der Waals surface area contributed by atoms with Gasteiger partial charge in [-0.2, -0.15) is 0 Å². The van der Waals surface area contributed by atoms with E-state index in [2.05, 4.69) is 19.1 Å². The Morgan fingerprint density at radius 1 is 0.706 bits per heavy atom. The van der Waals surface area contributed by atoms with E-state index in [0.717, 1.165) is 37.5 Å². The van der Waals surface area contributed by atoms with Crippen molar-refractivity contribution in [2.45, 2.75) is 77.0 Å². The molecule has 5 heteroatoms. The fourth-order valence-corrected chi connectivity index (χ4v) is 6.17. The second-order valence-electron chi connectivity index (χ2n) is 10.2. The molecule has 0 amide bonds. The summed E-state index contributed by atoms with van der Waals surface area (Å²) in [6.07, 6.45) is 16.0. The Morgan fingerprint density at radius 3 is 1.76 bits per heavy atom. The van der Waals surface area contributed by atoms with Crippen LogP contribution in [0.5, 0.6) is 0 Å². The van der Waals surface area contributed by atoms with Gasteiger partial charge in [-0.05, 0) is 117 Å².